The monoisotopic (exact) mass is 418 g/mol. The van der Waals surface area contributed by atoms with Gasteiger partial charge in [0.15, 0.2) is 5.96 Å². The van der Waals surface area contributed by atoms with Gasteiger partial charge in [0.05, 0.1) is 13.1 Å². The van der Waals surface area contributed by atoms with Crippen molar-refractivity contribution in [1.29, 1.82) is 0 Å². The molecule has 1 aliphatic heterocycles. The Hall–Kier alpha value is -2.61. The van der Waals surface area contributed by atoms with Crippen LogP contribution in [0.2, 0.25) is 0 Å². The Labute approximate surface area is 174 Å². The third-order valence-electron chi connectivity index (χ3n) is 4.84. The van der Waals surface area contributed by atoms with Gasteiger partial charge in [-0.2, -0.15) is 0 Å². The second-order valence-corrected chi connectivity index (χ2v) is 7.85. The third-order valence-corrected chi connectivity index (χ3v) is 5.87. The second kappa shape index (κ2) is 10.2. The van der Waals surface area contributed by atoms with Crippen molar-refractivity contribution in [2.24, 2.45) is 4.99 Å². The molecular formula is C21H27FN4O2S. The van der Waals surface area contributed by atoms with E-state index in [0.717, 1.165) is 19.4 Å². The van der Waals surface area contributed by atoms with Gasteiger partial charge in [0, 0.05) is 31.1 Å². The van der Waals surface area contributed by atoms with Crippen LogP contribution in [-0.2, 0) is 17.8 Å². The third kappa shape index (κ3) is 5.93. The van der Waals surface area contributed by atoms with Crippen molar-refractivity contribution in [2.45, 2.75) is 32.4 Å². The zero-order valence-electron chi connectivity index (χ0n) is 16.8. The summed E-state index contributed by atoms with van der Waals surface area (Å²) in [5.41, 5.74) is 1.25. The van der Waals surface area contributed by atoms with Gasteiger partial charge in [0.1, 0.15) is 17.7 Å². The van der Waals surface area contributed by atoms with Crippen molar-refractivity contribution in [2.75, 3.05) is 26.7 Å². The average molecular weight is 419 g/mol. The number of ether oxygens (including phenoxy) is 1. The number of amides is 1. The van der Waals surface area contributed by atoms with Gasteiger partial charge in [-0.25, -0.2) is 4.39 Å². The molecular weight excluding hydrogens is 391 g/mol. The van der Waals surface area contributed by atoms with E-state index in [2.05, 4.69) is 27.1 Å². The van der Waals surface area contributed by atoms with Gasteiger partial charge in [-0.05, 0) is 42.0 Å². The highest BCUT2D eigenvalue weighted by atomic mass is 32.1. The van der Waals surface area contributed by atoms with E-state index in [1.54, 1.807) is 30.5 Å². The minimum Gasteiger partial charge on any atom is -0.489 e. The fourth-order valence-corrected chi connectivity index (χ4v) is 4.06. The van der Waals surface area contributed by atoms with Gasteiger partial charge in [-0.15, -0.1) is 11.3 Å². The molecule has 1 atom stereocenters. The number of rotatable bonds is 7. The number of fused-ring (bicyclic) bond motifs is 1. The average Bonchev–Trinajstić information content (AvgIpc) is 3.20. The Bertz CT molecular complexity index is 855. The summed E-state index contributed by atoms with van der Waals surface area (Å²) in [6, 6.07) is 8.20. The number of hydrogen-bond acceptors (Lipinski definition) is 4. The van der Waals surface area contributed by atoms with Gasteiger partial charge >= 0.3 is 0 Å². The molecule has 8 heteroatoms. The Kier molecular flexibility index (Phi) is 7.46. The molecule has 0 aliphatic carbocycles. The maximum atomic E-state index is 13.3. The van der Waals surface area contributed by atoms with E-state index in [1.807, 2.05) is 11.8 Å². The number of benzene rings is 1. The lowest BCUT2D eigenvalue weighted by Gasteiger charge is -2.27. The number of halogens is 1. The molecule has 0 saturated carbocycles. The maximum absolute atomic E-state index is 13.3. The molecule has 156 valence electrons. The van der Waals surface area contributed by atoms with Crippen molar-refractivity contribution in [3.63, 3.8) is 0 Å². The van der Waals surface area contributed by atoms with Crippen molar-refractivity contribution in [3.05, 3.63) is 52.0 Å². The van der Waals surface area contributed by atoms with Crippen LogP contribution in [0, 0.1) is 5.82 Å². The van der Waals surface area contributed by atoms with Gasteiger partial charge < -0.3 is 20.3 Å². The van der Waals surface area contributed by atoms with Crippen molar-refractivity contribution in [1.82, 2.24) is 15.5 Å². The summed E-state index contributed by atoms with van der Waals surface area (Å²) in [5.74, 6) is 0.754. The molecule has 0 bridgehead atoms. The largest absolute Gasteiger partial charge is 0.489 e. The fourth-order valence-electron chi connectivity index (χ4n) is 3.17. The van der Waals surface area contributed by atoms with Crippen LogP contribution in [0.5, 0.6) is 5.75 Å². The van der Waals surface area contributed by atoms with Gasteiger partial charge in [0.2, 0.25) is 5.91 Å². The van der Waals surface area contributed by atoms with E-state index in [9.17, 15) is 9.18 Å². The summed E-state index contributed by atoms with van der Waals surface area (Å²) in [4.78, 5) is 20.0. The normalized spacial score (nSPS) is 14.9. The molecule has 3 rings (SSSR count). The van der Waals surface area contributed by atoms with E-state index in [0.29, 0.717) is 24.8 Å². The van der Waals surface area contributed by atoms with Gasteiger partial charge in [0.25, 0.3) is 0 Å². The predicted molar refractivity (Wildman–Crippen MR) is 114 cm³/mol. The van der Waals surface area contributed by atoms with Crippen LogP contribution in [0.15, 0.2) is 40.7 Å². The number of hydrogen-bond donors (Lipinski definition) is 2. The number of nitrogens with one attached hydrogen (secondary N) is 2. The molecule has 1 aromatic carbocycles. The topological polar surface area (TPSA) is 66.0 Å². The van der Waals surface area contributed by atoms with Crippen molar-refractivity contribution in [3.8, 4) is 5.75 Å². The van der Waals surface area contributed by atoms with Crippen LogP contribution in [0.4, 0.5) is 4.39 Å². The molecule has 0 radical (unpaired) electrons. The van der Waals surface area contributed by atoms with E-state index in [-0.39, 0.29) is 24.4 Å². The fraction of sp³-hybridized carbons (Fsp3) is 0.429. The highest BCUT2D eigenvalue weighted by Gasteiger charge is 2.21. The zero-order chi connectivity index (χ0) is 20.6. The minimum absolute atomic E-state index is 0.0489. The maximum Gasteiger partial charge on any atom is 0.242 e. The first kappa shape index (κ1) is 21.1. The summed E-state index contributed by atoms with van der Waals surface area (Å²) in [5, 5.41) is 8.33. The number of guanidine groups is 1. The molecule has 6 nitrogen and oxygen atoms in total. The van der Waals surface area contributed by atoms with Crippen LogP contribution in [0.25, 0.3) is 0 Å². The Morgan fingerprint density at radius 1 is 1.38 bits per heavy atom. The summed E-state index contributed by atoms with van der Waals surface area (Å²) in [7, 11) is 1.66. The van der Waals surface area contributed by atoms with E-state index in [4.69, 9.17) is 4.74 Å². The smallest absolute Gasteiger partial charge is 0.242 e. The summed E-state index contributed by atoms with van der Waals surface area (Å²) < 4.78 is 19.1. The van der Waals surface area contributed by atoms with E-state index < -0.39 is 0 Å². The van der Waals surface area contributed by atoms with Crippen LogP contribution < -0.4 is 15.4 Å². The van der Waals surface area contributed by atoms with Crippen LogP contribution in [-0.4, -0.2) is 49.6 Å². The van der Waals surface area contributed by atoms with Crippen molar-refractivity contribution < 1.29 is 13.9 Å². The van der Waals surface area contributed by atoms with Crippen LogP contribution in [0.3, 0.4) is 0 Å². The first-order valence-electron chi connectivity index (χ1n) is 9.78. The molecule has 0 saturated heterocycles. The van der Waals surface area contributed by atoms with Crippen LogP contribution in [0.1, 0.15) is 23.8 Å². The first-order valence-corrected chi connectivity index (χ1v) is 10.7. The molecule has 1 aliphatic rings. The van der Waals surface area contributed by atoms with Crippen molar-refractivity contribution >= 4 is 23.2 Å². The molecule has 2 aromatic rings. The molecule has 1 unspecified atom stereocenters. The number of aliphatic imine (C=N–C) groups is 1. The first-order chi connectivity index (χ1) is 14.1. The standard InChI is InChI=1S/C21H27FN4O2S/c1-3-17(28-18-6-4-5-16(22)11-18)12-24-21(23-2)25-13-20(27)26-9-7-19-15(14-26)8-10-29-19/h4-6,8,10-11,17H,3,7,9,12-14H2,1-2H3,(H2,23,24,25). The zero-order valence-corrected chi connectivity index (χ0v) is 17.6. The lowest BCUT2D eigenvalue weighted by Crippen LogP contribution is -2.47. The Balaban J connectivity index is 1.44. The highest BCUT2D eigenvalue weighted by molar-refractivity contribution is 7.10. The molecule has 0 spiro atoms. The molecule has 2 N–H and O–H groups in total. The Morgan fingerprint density at radius 2 is 2.24 bits per heavy atom. The quantitative estimate of drug-likeness (QED) is 0.536. The van der Waals surface area contributed by atoms with E-state index in [1.165, 1.54) is 22.6 Å². The molecule has 0 fully saturated rings. The molecule has 29 heavy (non-hydrogen) atoms. The second-order valence-electron chi connectivity index (χ2n) is 6.85. The Morgan fingerprint density at radius 3 is 3.00 bits per heavy atom. The minimum atomic E-state index is -0.325. The SMILES string of the molecule is CCC(CNC(=NC)NCC(=O)N1CCc2sccc2C1)Oc1cccc(F)c1. The van der Waals surface area contributed by atoms with E-state index >= 15 is 0 Å². The lowest BCUT2D eigenvalue weighted by atomic mass is 10.1. The predicted octanol–water partition coefficient (Wildman–Crippen LogP) is 2.79. The van der Waals surface area contributed by atoms with Crippen LogP contribution >= 0.6 is 11.3 Å². The molecule has 1 amide bonds. The molecule has 2 heterocycles. The number of carbonyl (C=O) groups is 1. The molecule has 1 aromatic heterocycles. The number of carbonyl (C=O) groups excluding carboxylic acids is 1. The summed E-state index contributed by atoms with van der Waals surface area (Å²) in [6.07, 6.45) is 1.52. The lowest BCUT2D eigenvalue weighted by molar-refractivity contribution is -0.130. The number of nitrogens with zero attached hydrogens (tertiary/aromatic N) is 2. The van der Waals surface area contributed by atoms with Gasteiger partial charge in [-0.1, -0.05) is 13.0 Å². The van der Waals surface area contributed by atoms with Gasteiger partial charge in [-0.3, -0.25) is 9.79 Å². The highest BCUT2D eigenvalue weighted by Crippen LogP contribution is 2.23. The summed E-state index contributed by atoms with van der Waals surface area (Å²) >= 11 is 1.76. The summed E-state index contributed by atoms with van der Waals surface area (Å²) in [6.45, 7) is 4.09. The number of thiophene rings is 1.